The number of hydrogen-bond donors (Lipinski definition) is 3. The molecule has 3 nitrogen and oxygen atoms in total. The monoisotopic (exact) mass is 177 g/mol. The topological polar surface area (TPSA) is 50.1 Å². The SMILES string of the molecule is CNCC=Cc1ccc(NN)cc1. The quantitative estimate of drug-likeness (QED) is 0.478. The van der Waals surface area contributed by atoms with Gasteiger partial charge in [-0.3, -0.25) is 5.84 Å². The molecule has 0 aliphatic carbocycles. The normalized spacial score (nSPS) is 10.6. The predicted molar refractivity (Wildman–Crippen MR) is 57.2 cm³/mol. The largest absolute Gasteiger partial charge is 0.324 e. The van der Waals surface area contributed by atoms with Gasteiger partial charge in [0.1, 0.15) is 0 Å². The number of hydrazine groups is 1. The van der Waals surface area contributed by atoms with Crippen LogP contribution in [0.25, 0.3) is 6.08 Å². The van der Waals surface area contributed by atoms with E-state index < -0.39 is 0 Å². The van der Waals surface area contributed by atoms with E-state index in [1.54, 1.807) is 0 Å². The van der Waals surface area contributed by atoms with Crippen molar-refractivity contribution in [1.82, 2.24) is 5.32 Å². The summed E-state index contributed by atoms with van der Waals surface area (Å²) in [6, 6.07) is 7.92. The molecule has 4 N–H and O–H groups in total. The van der Waals surface area contributed by atoms with Gasteiger partial charge < -0.3 is 10.7 Å². The maximum Gasteiger partial charge on any atom is 0.0485 e. The lowest BCUT2D eigenvalue weighted by molar-refractivity contribution is 0.922. The second kappa shape index (κ2) is 5.35. The molecule has 0 bridgehead atoms. The van der Waals surface area contributed by atoms with Crippen molar-refractivity contribution in [2.45, 2.75) is 0 Å². The Hall–Kier alpha value is -1.32. The summed E-state index contributed by atoms with van der Waals surface area (Å²) in [5, 5.41) is 3.04. The van der Waals surface area contributed by atoms with Crippen molar-refractivity contribution in [3.05, 3.63) is 35.9 Å². The number of nitrogens with two attached hydrogens (primary N) is 1. The third kappa shape index (κ3) is 3.27. The number of rotatable bonds is 4. The molecule has 13 heavy (non-hydrogen) atoms. The Labute approximate surface area is 78.6 Å². The van der Waals surface area contributed by atoms with Gasteiger partial charge in [0.15, 0.2) is 0 Å². The first-order valence-corrected chi connectivity index (χ1v) is 4.24. The van der Waals surface area contributed by atoms with Crippen LogP contribution < -0.4 is 16.6 Å². The predicted octanol–water partition coefficient (Wildman–Crippen LogP) is 1.20. The van der Waals surface area contributed by atoms with Crippen molar-refractivity contribution in [1.29, 1.82) is 0 Å². The van der Waals surface area contributed by atoms with Gasteiger partial charge in [0.05, 0.1) is 0 Å². The second-order valence-electron chi connectivity index (χ2n) is 2.73. The highest BCUT2D eigenvalue weighted by molar-refractivity contribution is 5.54. The maximum absolute atomic E-state index is 5.24. The van der Waals surface area contributed by atoms with Crippen LogP contribution in [0.5, 0.6) is 0 Å². The molecule has 0 aliphatic heterocycles. The summed E-state index contributed by atoms with van der Waals surface area (Å²) in [5.74, 6) is 5.24. The van der Waals surface area contributed by atoms with Crippen LogP contribution in [0.1, 0.15) is 5.56 Å². The second-order valence-corrected chi connectivity index (χ2v) is 2.73. The molecular weight excluding hydrogens is 162 g/mol. The van der Waals surface area contributed by atoms with E-state index in [2.05, 4.69) is 22.9 Å². The Morgan fingerprint density at radius 3 is 2.54 bits per heavy atom. The van der Waals surface area contributed by atoms with Crippen LogP contribution in [0.15, 0.2) is 30.3 Å². The smallest absolute Gasteiger partial charge is 0.0485 e. The molecule has 0 spiro atoms. The van der Waals surface area contributed by atoms with E-state index in [4.69, 9.17) is 5.84 Å². The minimum absolute atomic E-state index is 0.886. The highest BCUT2D eigenvalue weighted by Gasteiger charge is 1.87. The van der Waals surface area contributed by atoms with Gasteiger partial charge in [-0.05, 0) is 24.7 Å². The first kappa shape index (κ1) is 9.77. The number of anilines is 1. The fraction of sp³-hybridized carbons (Fsp3) is 0.200. The van der Waals surface area contributed by atoms with E-state index in [1.807, 2.05) is 31.3 Å². The molecule has 70 valence electrons. The van der Waals surface area contributed by atoms with E-state index in [9.17, 15) is 0 Å². The van der Waals surface area contributed by atoms with Gasteiger partial charge in [0, 0.05) is 12.2 Å². The summed E-state index contributed by atoms with van der Waals surface area (Å²) in [6.07, 6.45) is 4.14. The highest BCUT2D eigenvalue weighted by atomic mass is 15.2. The van der Waals surface area contributed by atoms with E-state index in [-0.39, 0.29) is 0 Å². The molecule has 0 fully saturated rings. The van der Waals surface area contributed by atoms with Crippen molar-refractivity contribution in [2.24, 2.45) is 5.84 Å². The first-order valence-electron chi connectivity index (χ1n) is 4.24. The van der Waals surface area contributed by atoms with Crippen LogP contribution in [-0.2, 0) is 0 Å². The van der Waals surface area contributed by atoms with Crippen LogP contribution >= 0.6 is 0 Å². The molecule has 0 unspecified atom stereocenters. The van der Waals surface area contributed by atoms with Crippen molar-refractivity contribution < 1.29 is 0 Å². The molecule has 1 rings (SSSR count). The van der Waals surface area contributed by atoms with Crippen molar-refractivity contribution >= 4 is 11.8 Å². The van der Waals surface area contributed by atoms with E-state index in [0.29, 0.717) is 0 Å². The average molecular weight is 177 g/mol. The number of likely N-dealkylation sites (N-methyl/N-ethyl adjacent to an activating group) is 1. The summed E-state index contributed by atoms with van der Waals surface area (Å²) in [7, 11) is 1.92. The van der Waals surface area contributed by atoms with Crippen molar-refractivity contribution in [3.8, 4) is 0 Å². The third-order valence-electron chi connectivity index (χ3n) is 1.71. The summed E-state index contributed by atoms with van der Waals surface area (Å²) < 4.78 is 0. The molecule has 0 radical (unpaired) electrons. The molecule has 1 aromatic rings. The van der Waals surface area contributed by atoms with Crippen molar-refractivity contribution in [2.75, 3.05) is 19.0 Å². The standard InChI is InChI=1S/C10H15N3/c1-12-8-2-3-9-4-6-10(13-11)7-5-9/h2-7,12-13H,8,11H2,1H3. The molecule has 0 atom stereocenters. The molecule has 0 saturated carbocycles. The van der Waals surface area contributed by atoms with Gasteiger partial charge >= 0.3 is 0 Å². The third-order valence-corrected chi connectivity index (χ3v) is 1.71. The lowest BCUT2D eigenvalue weighted by Gasteiger charge is -1.99. The molecule has 0 saturated heterocycles. The van der Waals surface area contributed by atoms with Gasteiger partial charge in [-0.15, -0.1) is 0 Å². The van der Waals surface area contributed by atoms with Gasteiger partial charge in [0.25, 0.3) is 0 Å². The fourth-order valence-electron chi connectivity index (χ4n) is 1.00. The van der Waals surface area contributed by atoms with E-state index in [1.165, 1.54) is 5.56 Å². The van der Waals surface area contributed by atoms with Gasteiger partial charge in [0.2, 0.25) is 0 Å². The van der Waals surface area contributed by atoms with Crippen LogP contribution in [0.4, 0.5) is 5.69 Å². The van der Waals surface area contributed by atoms with Crippen LogP contribution in [-0.4, -0.2) is 13.6 Å². The van der Waals surface area contributed by atoms with Gasteiger partial charge in [-0.25, -0.2) is 0 Å². The average Bonchev–Trinajstić information content (AvgIpc) is 2.19. The van der Waals surface area contributed by atoms with E-state index in [0.717, 1.165) is 12.2 Å². The molecule has 0 aromatic heterocycles. The minimum Gasteiger partial charge on any atom is -0.324 e. The van der Waals surface area contributed by atoms with Gasteiger partial charge in [-0.2, -0.15) is 0 Å². The summed E-state index contributed by atoms with van der Waals surface area (Å²) in [4.78, 5) is 0. The van der Waals surface area contributed by atoms with Gasteiger partial charge in [-0.1, -0.05) is 24.3 Å². The first-order chi connectivity index (χ1) is 6.36. The summed E-state index contributed by atoms with van der Waals surface area (Å²) in [6.45, 7) is 0.886. The number of hydrogen-bond acceptors (Lipinski definition) is 3. The fourth-order valence-corrected chi connectivity index (χ4v) is 1.00. The Morgan fingerprint density at radius 1 is 1.31 bits per heavy atom. The molecule has 0 amide bonds. The zero-order valence-corrected chi connectivity index (χ0v) is 7.75. The maximum atomic E-state index is 5.24. The molecule has 0 heterocycles. The minimum atomic E-state index is 0.886. The molecule has 1 aromatic carbocycles. The summed E-state index contributed by atoms with van der Waals surface area (Å²) in [5.41, 5.74) is 4.68. The molecular formula is C10H15N3. The number of benzene rings is 1. The number of nitrogens with one attached hydrogen (secondary N) is 2. The highest BCUT2D eigenvalue weighted by Crippen LogP contribution is 2.08. The Morgan fingerprint density at radius 2 is 2.00 bits per heavy atom. The summed E-state index contributed by atoms with van der Waals surface area (Å²) >= 11 is 0. The van der Waals surface area contributed by atoms with Crippen molar-refractivity contribution in [3.63, 3.8) is 0 Å². The zero-order valence-electron chi connectivity index (χ0n) is 7.75. The Balaban J connectivity index is 2.58. The van der Waals surface area contributed by atoms with Crippen LogP contribution in [0.3, 0.4) is 0 Å². The van der Waals surface area contributed by atoms with E-state index >= 15 is 0 Å². The van der Waals surface area contributed by atoms with Crippen LogP contribution in [0.2, 0.25) is 0 Å². The Bertz CT molecular complexity index is 264. The lowest BCUT2D eigenvalue weighted by atomic mass is 10.2. The molecule has 0 aliphatic rings. The van der Waals surface area contributed by atoms with Crippen LogP contribution in [0, 0.1) is 0 Å². The Kier molecular flexibility index (Phi) is 4.02. The molecule has 3 heteroatoms. The zero-order chi connectivity index (χ0) is 9.52. The number of nitrogen functional groups attached to an aromatic ring is 1. The lowest BCUT2D eigenvalue weighted by Crippen LogP contribution is -2.06.